The fourth-order valence-electron chi connectivity index (χ4n) is 1.96. The van der Waals surface area contributed by atoms with Gasteiger partial charge in [-0.2, -0.15) is 0 Å². The fraction of sp³-hybridized carbons (Fsp3) is 0.250. The second-order valence-electron chi connectivity index (χ2n) is 4.84. The molecule has 1 N–H and O–H groups in total. The van der Waals surface area contributed by atoms with Gasteiger partial charge in [0, 0.05) is 10.0 Å². The monoisotopic (exact) mass is 310 g/mol. The van der Waals surface area contributed by atoms with Crippen molar-refractivity contribution in [3.63, 3.8) is 0 Å². The molecule has 0 bridgehead atoms. The minimum Gasteiger partial charge on any atom is -0.491 e. The molecule has 0 aromatic heterocycles. The number of benzene rings is 2. The SMILES string of the molecule is CC(C)Oc1cccc(C(O)c2cc(Cl)cc(Cl)c2)c1. The minimum atomic E-state index is -0.790. The van der Waals surface area contributed by atoms with Crippen molar-refractivity contribution in [2.75, 3.05) is 0 Å². The van der Waals surface area contributed by atoms with Gasteiger partial charge in [0.2, 0.25) is 0 Å². The molecule has 0 aliphatic rings. The zero-order chi connectivity index (χ0) is 14.7. The number of hydrogen-bond donors (Lipinski definition) is 1. The molecule has 2 nitrogen and oxygen atoms in total. The van der Waals surface area contributed by atoms with Crippen LogP contribution < -0.4 is 4.74 Å². The maximum Gasteiger partial charge on any atom is 0.120 e. The van der Waals surface area contributed by atoms with Crippen LogP contribution in [0.2, 0.25) is 10.0 Å². The van der Waals surface area contributed by atoms with Gasteiger partial charge < -0.3 is 9.84 Å². The van der Waals surface area contributed by atoms with E-state index in [0.29, 0.717) is 15.6 Å². The van der Waals surface area contributed by atoms with Gasteiger partial charge >= 0.3 is 0 Å². The summed E-state index contributed by atoms with van der Waals surface area (Å²) in [5, 5.41) is 11.4. The maximum absolute atomic E-state index is 10.4. The molecule has 2 aromatic carbocycles. The Kier molecular flexibility index (Phi) is 4.92. The molecule has 20 heavy (non-hydrogen) atoms. The Labute approximate surface area is 128 Å². The summed E-state index contributed by atoms with van der Waals surface area (Å²) in [6.45, 7) is 3.92. The second-order valence-corrected chi connectivity index (χ2v) is 5.72. The maximum atomic E-state index is 10.4. The molecule has 4 heteroatoms. The van der Waals surface area contributed by atoms with Crippen LogP contribution in [0.1, 0.15) is 31.1 Å². The smallest absolute Gasteiger partial charge is 0.120 e. The highest BCUT2D eigenvalue weighted by atomic mass is 35.5. The van der Waals surface area contributed by atoms with Crippen LogP contribution in [0.5, 0.6) is 5.75 Å². The molecule has 106 valence electrons. The number of aliphatic hydroxyl groups is 1. The van der Waals surface area contributed by atoms with Gasteiger partial charge in [-0.05, 0) is 55.3 Å². The Bertz CT molecular complexity index is 577. The summed E-state index contributed by atoms with van der Waals surface area (Å²) >= 11 is 11.9. The number of halogens is 2. The lowest BCUT2D eigenvalue weighted by Crippen LogP contribution is -2.06. The first-order chi connectivity index (χ1) is 9.45. The van der Waals surface area contributed by atoms with E-state index in [9.17, 15) is 5.11 Å². The highest BCUT2D eigenvalue weighted by molar-refractivity contribution is 6.34. The number of ether oxygens (including phenoxy) is 1. The third-order valence-electron chi connectivity index (χ3n) is 2.75. The van der Waals surface area contributed by atoms with Crippen molar-refractivity contribution in [1.82, 2.24) is 0 Å². The van der Waals surface area contributed by atoms with E-state index in [0.717, 1.165) is 11.3 Å². The third kappa shape index (κ3) is 3.89. The Morgan fingerprint density at radius 2 is 1.60 bits per heavy atom. The van der Waals surface area contributed by atoms with Gasteiger partial charge in [0.05, 0.1) is 6.10 Å². The molecule has 0 spiro atoms. The Morgan fingerprint density at radius 3 is 2.20 bits per heavy atom. The van der Waals surface area contributed by atoms with Crippen LogP contribution in [0.3, 0.4) is 0 Å². The molecule has 0 amide bonds. The Morgan fingerprint density at radius 1 is 0.950 bits per heavy atom. The normalized spacial score (nSPS) is 12.5. The summed E-state index contributed by atoms with van der Waals surface area (Å²) in [5.74, 6) is 0.727. The molecular weight excluding hydrogens is 295 g/mol. The van der Waals surface area contributed by atoms with E-state index in [-0.39, 0.29) is 6.10 Å². The van der Waals surface area contributed by atoms with E-state index in [2.05, 4.69) is 0 Å². The molecule has 1 atom stereocenters. The van der Waals surface area contributed by atoms with Gasteiger partial charge in [0.15, 0.2) is 0 Å². The van der Waals surface area contributed by atoms with Crippen molar-refractivity contribution in [3.8, 4) is 5.75 Å². The summed E-state index contributed by atoms with van der Waals surface area (Å²) in [7, 11) is 0. The largest absolute Gasteiger partial charge is 0.491 e. The van der Waals surface area contributed by atoms with Crippen molar-refractivity contribution in [2.24, 2.45) is 0 Å². The summed E-state index contributed by atoms with van der Waals surface area (Å²) < 4.78 is 5.63. The summed E-state index contributed by atoms with van der Waals surface area (Å²) in [6.07, 6.45) is -0.704. The second kappa shape index (κ2) is 6.49. The van der Waals surface area contributed by atoms with E-state index < -0.39 is 6.10 Å². The summed E-state index contributed by atoms with van der Waals surface area (Å²) in [6, 6.07) is 12.4. The molecule has 2 aromatic rings. The van der Waals surface area contributed by atoms with Crippen LogP contribution in [0.4, 0.5) is 0 Å². The predicted molar refractivity (Wildman–Crippen MR) is 82.7 cm³/mol. The van der Waals surface area contributed by atoms with Gasteiger partial charge in [-0.1, -0.05) is 35.3 Å². The van der Waals surface area contributed by atoms with Crippen molar-refractivity contribution in [1.29, 1.82) is 0 Å². The Hall–Kier alpha value is -1.22. The van der Waals surface area contributed by atoms with Crippen molar-refractivity contribution in [3.05, 3.63) is 63.6 Å². The quantitative estimate of drug-likeness (QED) is 0.873. The molecule has 0 heterocycles. The van der Waals surface area contributed by atoms with Gasteiger partial charge in [0.25, 0.3) is 0 Å². The van der Waals surface area contributed by atoms with Crippen LogP contribution in [0.25, 0.3) is 0 Å². The fourth-order valence-corrected chi connectivity index (χ4v) is 2.50. The molecule has 0 saturated heterocycles. The first-order valence-corrected chi connectivity index (χ1v) is 7.12. The predicted octanol–water partition coefficient (Wildman–Crippen LogP) is 4.86. The molecule has 1 unspecified atom stereocenters. The first kappa shape index (κ1) is 15.2. The molecular formula is C16H16Cl2O2. The van der Waals surface area contributed by atoms with Crippen molar-refractivity contribution < 1.29 is 9.84 Å². The van der Waals surface area contributed by atoms with Crippen molar-refractivity contribution >= 4 is 23.2 Å². The minimum absolute atomic E-state index is 0.0861. The molecule has 0 aliphatic carbocycles. The lowest BCUT2D eigenvalue weighted by atomic mass is 10.0. The highest BCUT2D eigenvalue weighted by Crippen LogP contribution is 2.29. The lowest BCUT2D eigenvalue weighted by molar-refractivity contribution is 0.216. The lowest BCUT2D eigenvalue weighted by Gasteiger charge is -2.15. The van der Waals surface area contributed by atoms with E-state index in [1.807, 2.05) is 38.1 Å². The van der Waals surface area contributed by atoms with E-state index in [1.54, 1.807) is 18.2 Å². The van der Waals surface area contributed by atoms with Crippen LogP contribution in [0.15, 0.2) is 42.5 Å². The summed E-state index contributed by atoms with van der Waals surface area (Å²) in [4.78, 5) is 0. The van der Waals surface area contributed by atoms with E-state index >= 15 is 0 Å². The first-order valence-electron chi connectivity index (χ1n) is 6.36. The summed E-state index contributed by atoms with van der Waals surface area (Å²) in [5.41, 5.74) is 1.39. The molecule has 0 radical (unpaired) electrons. The topological polar surface area (TPSA) is 29.5 Å². The van der Waals surface area contributed by atoms with Gasteiger partial charge in [-0.3, -0.25) is 0 Å². The van der Waals surface area contributed by atoms with E-state index in [4.69, 9.17) is 27.9 Å². The zero-order valence-corrected chi connectivity index (χ0v) is 12.8. The van der Waals surface area contributed by atoms with Gasteiger partial charge in [-0.25, -0.2) is 0 Å². The van der Waals surface area contributed by atoms with Gasteiger partial charge in [0.1, 0.15) is 11.9 Å². The molecule has 0 fully saturated rings. The third-order valence-corrected chi connectivity index (χ3v) is 3.18. The molecule has 0 saturated carbocycles. The molecule has 2 rings (SSSR count). The number of aliphatic hydroxyl groups excluding tert-OH is 1. The highest BCUT2D eigenvalue weighted by Gasteiger charge is 2.13. The van der Waals surface area contributed by atoms with Crippen LogP contribution in [0, 0.1) is 0 Å². The van der Waals surface area contributed by atoms with Crippen LogP contribution in [-0.2, 0) is 0 Å². The number of hydrogen-bond acceptors (Lipinski definition) is 2. The van der Waals surface area contributed by atoms with Crippen molar-refractivity contribution in [2.45, 2.75) is 26.1 Å². The van der Waals surface area contributed by atoms with Crippen LogP contribution in [-0.4, -0.2) is 11.2 Å². The molecule has 0 aliphatic heterocycles. The standard InChI is InChI=1S/C16H16Cl2O2/c1-10(2)20-15-5-3-4-11(8-15)16(19)12-6-13(17)9-14(18)7-12/h3-10,16,19H,1-2H3. The zero-order valence-electron chi connectivity index (χ0n) is 11.3. The number of rotatable bonds is 4. The average molecular weight is 311 g/mol. The van der Waals surface area contributed by atoms with Gasteiger partial charge in [-0.15, -0.1) is 0 Å². The Balaban J connectivity index is 2.30. The van der Waals surface area contributed by atoms with Crippen LogP contribution >= 0.6 is 23.2 Å². The average Bonchev–Trinajstić information content (AvgIpc) is 2.36. The van der Waals surface area contributed by atoms with E-state index in [1.165, 1.54) is 0 Å².